The molecule has 0 atom stereocenters. The van der Waals surface area contributed by atoms with E-state index < -0.39 is 0 Å². The summed E-state index contributed by atoms with van der Waals surface area (Å²) in [5, 5.41) is 7.21. The third kappa shape index (κ3) is 2.47. The molecule has 0 amide bonds. The van der Waals surface area contributed by atoms with Gasteiger partial charge in [0.15, 0.2) is 0 Å². The van der Waals surface area contributed by atoms with E-state index in [0.29, 0.717) is 12.5 Å². The van der Waals surface area contributed by atoms with Crippen molar-refractivity contribution in [1.29, 1.82) is 0 Å². The minimum atomic E-state index is 0.118. The highest BCUT2D eigenvalue weighted by atomic mass is 16.5. The zero-order chi connectivity index (χ0) is 13.1. The van der Waals surface area contributed by atoms with E-state index in [0.717, 1.165) is 11.3 Å². The molecule has 8 nitrogen and oxygen atoms in total. The molecule has 0 bridgehead atoms. The predicted octanol–water partition coefficient (Wildman–Crippen LogP) is 0.116. The molecule has 96 valence electrons. The van der Waals surface area contributed by atoms with Crippen molar-refractivity contribution in [2.45, 2.75) is 13.5 Å². The van der Waals surface area contributed by atoms with Crippen LogP contribution in [0, 0.1) is 6.92 Å². The number of rotatable bonds is 4. The van der Waals surface area contributed by atoms with Crippen LogP contribution < -0.4 is 15.8 Å². The van der Waals surface area contributed by atoms with Crippen LogP contribution in [0.15, 0.2) is 6.20 Å². The molecular weight excluding hydrogens is 234 g/mol. The molecule has 2 aromatic rings. The van der Waals surface area contributed by atoms with Gasteiger partial charge in [-0.2, -0.15) is 20.1 Å². The first-order valence-electron chi connectivity index (χ1n) is 5.37. The van der Waals surface area contributed by atoms with Crippen LogP contribution in [0.2, 0.25) is 0 Å². The van der Waals surface area contributed by atoms with Crippen LogP contribution in [0.5, 0.6) is 6.01 Å². The molecule has 0 saturated heterocycles. The second-order valence-corrected chi connectivity index (χ2v) is 3.74. The minimum Gasteiger partial charge on any atom is -0.467 e. The van der Waals surface area contributed by atoms with Gasteiger partial charge in [-0.25, -0.2) is 0 Å². The van der Waals surface area contributed by atoms with E-state index in [9.17, 15) is 0 Å². The number of aryl methyl sites for hydroxylation is 1. The standard InChI is InChI=1S/C10H15N7O/c1-6-7(5-13-17(6)2)4-12-9-14-8(11)15-10(16-9)18-3/h5H,4H2,1-3H3,(H3,11,12,14,15,16). The number of hydrogen-bond donors (Lipinski definition) is 2. The highest BCUT2D eigenvalue weighted by molar-refractivity contribution is 5.34. The SMILES string of the molecule is COc1nc(N)nc(NCc2cnn(C)c2C)n1. The fourth-order valence-corrected chi connectivity index (χ4v) is 1.43. The molecule has 0 aromatic carbocycles. The molecule has 18 heavy (non-hydrogen) atoms. The Labute approximate surface area is 104 Å². The van der Waals surface area contributed by atoms with Crippen molar-refractivity contribution in [3.8, 4) is 6.01 Å². The second kappa shape index (κ2) is 4.86. The molecular formula is C10H15N7O. The summed E-state index contributed by atoms with van der Waals surface area (Å²) in [6, 6.07) is 0.188. The van der Waals surface area contributed by atoms with Crippen molar-refractivity contribution in [3.05, 3.63) is 17.5 Å². The summed E-state index contributed by atoms with van der Waals surface area (Å²) in [6.45, 7) is 2.55. The van der Waals surface area contributed by atoms with Crippen LogP contribution >= 0.6 is 0 Å². The first-order chi connectivity index (χ1) is 8.60. The van der Waals surface area contributed by atoms with E-state index >= 15 is 0 Å². The van der Waals surface area contributed by atoms with Crippen LogP contribution in [0.3, 0.4) is 0 Å². The third-order valence-corrected chi connectivity index (χ3v) is 2.59. The van der Waals surface area contributed by atoms with Gasteiger partial charge in [0.25, 0.3) is 0 Å². The van der Waals surface area contributed by atoms with Crippen molar-refractivity contribution in [1.82, 2.24) is 24.7 Å². The summed E-state index contributed by atoms with van der Waals surface area (Å²) in [5.41, 5.74) is 7.68. The van der Waals surface area contributed by atoms with Gasteiger partial charge in [-0.3, -0.25) is 4.68 Å². The maximum Gasteiger partial charge on any atom is 0.322 e. The maximum atomic E-state index is 5.54. The number of hydrogen-bond acceptors (Lipinski definition) is 7. The minimum absolute atomic E-state index is 0.118. The number of aromatic nitrogens is 5. The number of anilines is 2. The zero-order valence-electron chi connectivity index (χ0n) is 10.5. The van der Waals surface area contributed by atoms with Crippen LogP contribution in [0.25, 0.3) is 0 Å². The highest BCUT2D eigenvalue weighted by Gasteiger charge is 2.07. The molecule has 3 N–H and O–H groups in total. The smallest absolute Gasteiger partial charge is 0.322 e. The van der Waals surface area contributed by atoms with E-state index in [2.05, 4.69) is 25.4 Å². The predicted molar refractivity (Wildman–Crippen MR) is 66.1 cm³/mol. The topological polar surface area (TPSA) is 104 Å². The molecule has 0 radical (unpaired) electrons. The summed E-state index contributed by atoms with van der Waals surface area (Å²) < 4.78 is 6.72. The van der Waals surface area contributed by atoms with Crippen LogP contribution in [0.4, 0.5) is 11.9 Å². The molecule has 0 spiro atoms. The lowest BCUT2D eigenvalue weighted by molar-refractivity contribution is 0.379. The fourth-order valence-electron chi connectivity index (χ4n) is 1.43. The van der Waals surface area contributed by atoms with Gasteiger partial charge in [0.05, 0.1) is 13.3 Å². The molecule has 2 rings (SSSR count). The quantitative estimate of drug-likeness (QED) is 0.792. The Hall–Kier alpha value is -2.38. The Kier molecular flexibility index (Phi) is 3.26. The first kappa shape index (κ1) is 12.1. The number of nitrogens with one attached hydrogen (secondary N) is 1. The molecule has 0 aliphatic carbocycles. The van der Waals surface area contributed by atoms with Gasteiger partial charge < -0.3 is 15.8 Å². The second-order valence-electron chi connectivity index (χ2n) is 3.74. The van der Waals surface area contributed by atoms with E-state index in [1.807, 2.05) is 14.0 Å². The Morgan fingerprint density at radius 3 is 2.78 bits per heavy atom. The van der Waals surface area contributed by atoms with Gasteiger partial charge >= 0.3 is 6.01 Å². The van der Waals surface area contributed by atoms with Crippen molar-refractivity contribution in [2.24, 2.45) is 7.05 Å². The molecule has 2 heterocycles. The molecule has 0 unspecified atom stereocenters. The number of ether oxygens (including phenoxy) is 1. The van der Waals surface area contributed by atoms with Crippen molar-refractivity contribution >= 4 is 11.9 Å². The number of nitrogen functional groups attached to an aromatic ring is 1. The number of nitrogens with two attached hydrogens (primary N) is 1. The molecule has 2 aromatic heterocycles. The zero-order valence-corrected chi connectivity index (χ0v) is 10.5. The van der Waals surface area contributed by atoms with Crippen molar-refractivity contribution in [2.75, 3.05) is 18.2 Å². The highest BCUT2D eigenvalue weighted by Crippen LogP contribution is 2.11. The van der Waals surface area contributed by atoms with E-state index in [1.165, 1.54) is 7.11 Å². The summed E-state index contributed by atoms with van der Waals surface area (Å²) in [5.74, 6) is 0.495. The average molecular weight is 249 g/mol. The van der Waals surface area contributed by atoms with Gasteiger partial charge in [0, 0.05) is 24.8 Å². The summed E-state index contributed by atoms with van der Waals surface area (Å²) >= 11 is 0. The van der Waals surface area contributed by atoms with Crippen LogP contribution in [-0.2, 0) is 13.6 Å². The van der Waals surface area contributed by atoms with E-state index in [1.54, 1.807) is 10.9 Å². The Morgan fingerprint density at radius 1 is 1.39 bits per heavy atom. The summed E-state index contributed by atoms with van der Waals surface area (Å²) in [4.78, 5) is 11.8. The largest absolute Gasteiger partial charge is 0.467 e. The van der Waals surface area contributed by atoms with Gasteiger partial charge in [-0.15, -0.1) is 0 Å². The molecule has 0 aliphatic heterocycles. The van der Waals surface area contributed by atoms with E-state index in [-0.39, 0.29) is 12.0 Å². The molecule has 0 fully saturated rings. The maximum absolute atomic E-state index is 5.54. The number of methoxy groups -OCH3 is 1. The van der Waals surface area contributed by atoms with Gasteiger partial charge in [0.2, 0.25) is 11.9 Å². The van der Waals surface area contributed by atoms with Gasteiger partial charge in [0.1, 0.15) is 0 Å². The number of nitrogens with zero attached hydrogens (tertiary/aromatic N) is 5. The lowest BCUT2D eigenvalue weighted by atomic mass is 10.2. The molecule has 8 heteroatoms. The van der Waals surface area contributed by atoms with Crippen LogP contribution in [0.1, 0.15) is 11.3 Å². The Balaban J connectivity index is 2.10. The molecule has 0 aliphatic rings. The van der Waals surface area contributed by atoms with Crippen LogP contribution in [-0.4, -0.2) is 31.8 Å². The molecule has 0 saturated carbocycles. The summed E-state index contributed by atoms with van der Waals surface area (Å²) in [7, 11) is 3.37. The monoisotopic (exact) mass is 249 g/mol. The Morgan fingerprint density at radius 2 is 2.17 bits per heavy atom. The Bertz CT molecular complexity index is 551. The third-order valence-electron chi connectivity index (χ3n) is 2.59. The fraction of sp³-hybridized carbons (Fsp3) is 0.400. The lowest BCUT2D eigenvalue weighted by Gasteiger charge is -2.06. The van der Waals surface area contributed by atoms with E-state index in [4.69, 9.17) is 10.5 Å². The van der Waals surface area contributed by atoms with Crippen molar-refractivity contribution < 1.29 is 4.74 Å². The van der Waals surface area contributed by atoms with Gasteiger partial charge in [-0.1, -0.05) is 0 Å². The average Bonchev–Trinajstić information content (AvgIpc) is 2.67. The first-order valence-corrected chi connectivity index (χ1v) is 5.37. The van der Waals surface area contributed by atoms with Gasteiger partial charge in [-0.05, 0) is 6.92 Å². The normalized spacial score (nSPS) is 10.4. The lowest BCUT2D eigenvalue weighted by Crippen LogP contribution is -2.08. The van der Waals surface area contributed by atoms with Crippen molar-refractivity contribution in [3.63, 3.8) is 0 Å². The summed E-state index contributed by atoms with van der Waals surface area (Å²) in [6.07, 6.45) is 1.80.